The van der Waals surface area contributed by atoms with Gasteiger partial charge in [-0.3, -0.25) is 0 Å². The molecule has 0 bridgehead atoms. The molecule has 0 aromatic heterocycles. The highest BCUT2D eigenvalue weighted by molar-refractivity contribution is 9.10. The van der Waals surface area contributed by atoms with Crippen LogP contribution in [0, 0.1) is 5.82 Å². The zero-order valence-corrected chi connectivity index (χ0v) is 13.2. The van der Waals surface area contributed by atoms with E-state index < -0.39 is 0 Å². The molecule has 4 heteroatoms. The molecule has 1 N–H and O–H groups in total. The van der Waals surface area contributed by atoms with Crippen molar-refractivity contribution in [3.8, 4) is 0 Å². The van der Waals surface area contributed by atoms with Gasteiger partial charge in [0.25, 0.3) is 0 Å². The van der Waals surface area contributed by atoms with E-state index in [2.05, 4.69) is 21.2 Å². The van der Waals surface area contributed by atoms with Crippen molar-refractivity contribution >= 4 is 27.7 Å². The van der Waals surface area contributed by atoms with Crippen molar-refractivity contribution in [2.75, 3.05) is 7.05 Å². The van der Waals surface area contributed by atoms with Crippen LogP contribution in [0.3, 0.4) is 0 Å². The quantitative estimate of drug-likeness (QED) is 0.839. The molecule has 0 aliphatic heterocycles. The molecule has 0 heterocycles. The molecule has 2 rings (SSSR count). The standard InChI is InChI=1S/C15H15BrFNS/c1-10(18-2)15-12(17)7-5-9-14(15)19-13-8-4-3-6-11(13)16/h3-10,18H,1-2H3. The Bertz CT molecular complexity index is 574. The topological polar surface area (TPSA) is 12.0 Å². The summed E-state index contributed by atoms with van der Waals surface area (Å²) in [5.74, 6) is -0.168. The molecule has 1 nitrogen and oxygen atoms in total. The summed E-state index contributed by atoms with van der Waals surface area (Å²) >= 11 is 5.09. The number of rotatable bonds is 4. The van der Waals surface area contributed by atoms with Crippen LogP contribution in [0.4, 0.5) is 4.39 Å². The van der Waals surface area contributed by atoms with Crippen molar-refractivity contribution in [3.63, 3.8) is 0 Å². The van der Waals surface area contributed by atoms with Crippen LogP contribution in [0.2, 0.25) is 0 Å². The summed E-state index contributed by atoms with van der Waals surface area (Å²) in [4.78, 5) is 2.02. The molecule has 0 aliphatic rings. The second-order valence-corrected chi connectivity index (χ2v) is 6.13. The lowest BCUT2D eigenvalue weighted by molar-refractivity contribution is 0.552. The summed E-state index contributed by atoms with van der Waals surface area (Å²) in [5, 5.41) is 3.10. The minimum atomic E-state index is -0.168. The monoisotopic (exact) mass is 339 g/mol. The molecule has 0 fully saturated rings. The lowest BCUT2D eigenvalue weighted by atomic mass is 10.1. The highest BCUT2D eigenvalue weighted by Gasteiger charge is 2.15. The number of nitrogens with one attached hydrogen (secondary N) is 1. The third-order valence-corrected chi connectivity index (χ3v) is 5.04. The number of hydrogen-bond donors (Lipinski definition) is 1. The minimum absolute atomic E-state index is 0.0220. The summed E-state index contributed by atoms with van der Waals surface area (Å²) < 4.78 is 15.0. The van der Waals surface area contributed by atoms with E-state index in [0.29, 0.717) is 5.56 Å². The fourth-order valence-electron chi connectivity index (χ4n) is 1.82. The van der Waals surface area contributed by atoms with Crippen LogP contribution < -0.4 is 5.32 Å². The molecule has 2 aromatic carbocycles. The van der Waals surface area contributed by atoms with Gasteiger partial charge in [-0.05, 0) is 54.2 Å². The summed E-state index contributed by atoms with van der Waals surface area (Å²) in [6.07, 6.45) is 0. The molecule has 0 amide bonds. The van der Waals surface area contributed by atoms with Gasteiger partial charge in [0, 0.05) is 25.9 Å². The van der Waals surface area contributed by atoms with Gasteiger partial charge in [-0.2, -0.15) is 0 Å². The molecule has 19 heavy (non-hydrogen) atoms. The predicted molar refractivity (Wildman–Crippen MR) is 82.1 cm³/mol. The van der Waals surface area contributed by atoms with Crippen LogP contribution in [0.25, 0.3) is 0 Å². The van der Waals surface area contributed by atoms with Crippen LogP contribution >= 0.6 is 27.7 Å². The van der Waals surface area contributed by atoms with Crippen LogP contribution in [0.1, 0.15) is 18.5 Å². The Morgan fingerprint density at radius 2 is 1.79 bits per heavy atom. The van der Waals surface area contributed by atoms with Crippen LogP contribution in [-0.4, -0.2) is 7.05 Å². The first-order valence-corrected chi connectivity index (χ1v) is 7.62. The first kappa shape index (κ1) is 14.6. The van der Waals surface area contributed by atoms with Crippen molar-refractivity contribution in [2.24, 2.45) is 0 Å². The SMILES string of the molecule is CNC(C)c1c(F)cccc1Sc1ccccc1Br. The fourth-order valence-corrected chi connectivity index (χ4v) is 3.42. The molecule has 2 aromatic rings. The summed E-state index contributed by atoms with van der Waals surface area (Å²) in [5.41, 5.74) is 0.714. The Labute approximate surface area is 125 Å². The maximum absolute atomic E-state index is 14.0. The first-order valence-electron chi connectivity index (χ1n) is 6.01. The van der Waals surface area contributed by atoms with Crippen molar-refractivity contribution in [2.45, 2.75) is 22.8 Å². The van der Waals surface area contributed by atoms with Crippen LogP contribution in [-0.2, 0) is 0 Å². The fraction of sp³-hybridized carbons (Fsp3) is 0.200. The van der Waals surface area contributed by atoms with Gasteiger partial charge in [-0.15, -0.1) is 0 Å². The lowest BCUT2D eigenvalue weighted by Gasteiger charge is -2.16. The molecule has 0 spiro atoms. The Kier molecular flexibility index (Phi) is 5.02. The van der Waals surface area contributed by atoms with Crippen LogP contribution in [0.15, 0.2) is 56.7 Å². The van der Waals surface area contributed by atoms with Gasteiger partial charge in [0.15, 0.2) is 0 Å². The van der Waals surface area contributed by atoms with E-state index in [-0.39, 0.29) is 11.9 Å². The van der Waals surface area contributed by atoms with Gasteiger partial charge in [-0.1, -0.05) is 30.0 Å². The molecule has 0 saturated carbocycles. The third-order valence-electron chi connectivity index (χ3n) is 2.94. The number of hydrogen-bond acceptors (Lipinski definition) is 2. The Morgan fingerprint density at radius 1 is 1.11 bits per heavy atom. The molecular weight excluding hydrogens is 325 g/mol. The first-order chi connectivity index (χ1) is 9.13. The molecule has 100 valence electrons. The molecule has 0 aliphatic carbocycles. The van der Waals surface area contributed by atoms with Gasteiger partial charge in [-0.25, -0.2) is 4.39 Å². The molecule has 0 saturated heterocycles. The highest BCUT2D eigenvalue weighted by atomic mass is 79.9. The Balaban J connectivity index is 2.40. The van der Waals surface area contributed by atoms with E-state index in [4.69, 9.17) is 0 Å². The van der Waals surface area contributed by atoms with Gasteiger partial charge < -0.3 is 5.32 Å². The Morgan fingerprint density at radius 3 is 2.47 bits per heavy atom. The van der Waals surface area contributed by atoms with Crippen molar-refractivity contribution in [1.82, 2.24) is 5.32 Å². The van der Waals surface area contributed by atoms with Crippen LogP contribution in [0.5, 0.6) is 0 Å². The van der Waals surface area contributed by atoms with Crippen molar-refractivity contribution in [3.05, 3.63) is 58.3 Å². The minimum Gasteiger partial charge on any atom is -0.313 e. The average molecular weight is 340 g/mol. The Hall–Kier alpha value is -0.840. The summed E-state index contributed by atoms with van der Waals surface area (Å²) in [7, 11) is 1.84. The third kappa shape index (κ3) is 3.38. The normalized spacial score (nSPS) is 12.4. The largest absolute Gasteiger partial charge is 0.313 e. The van der Waals surface area contributed by atoms with E-state index >= 15 is 0 Å². The summed E-state index contributed by atoms with van der Waals surface area (Å²) in [6.45, 7) is 1.96. The van der Waals surface area contributed by atoms with E-state index in [1.807, 2.05) is 44.3 Å². The lowest BCUT2D eigenvalue weighted by Crippen LogP contribution is -2.14. The molecular formula is C15H15BrFNS. The highest BCUT2D eigenvalue weighted by Crippen LogP contribution is 2.37. The van der Waals surface area contributed by atoms with Crippen molar-refractivity contribution in [1.29, 1.82) is 0 Å². The van der Waals surface area contributed by atoms with Gasteiger partial charge in [0.2, 0.25) is 0 Å². The van der Waals surface area contributed by atoms with E-state index in [0.717, 1.165) is 14.3 Å². The smallest absolute Gasteiger partial charge is 0.129 e. The maximum Gasteiger partial charge on any atom is 0.129 e. The number of benzene rings is 2. The maximum atomic E-state index is 14.0. The zero-order chi connectivity index (χ0) is 13.8. The summed E-state index contributed by atoms with van der Waals surface area (Å²) in [6, 6.07) is 13.1. The average Bonchev–Trinajstić information content (AvgIpc) is 2.41. The van der Waals surface area contributed by atoms with Gasteiger partial charge in [0.05, 0.1) is 0 Å². The zero-order valence-electron chi connectivity index (χ0n) is 10.8. The van der Waals surface area contributed by atoms with E-state index in [1.54, 1.807) is 17.8 Å². The second-order valence-electron chi connectivity index (χ2n) is 4.19. The molecule has 1 unspecified atom stereocenters. The van der Waals surface area contributed by atoms with E-state index in [1.165, 1.54) is 6.07 Å². The van der Waals surface area contributed by atoms with Crippen molar-refractivity contribution < 1.29 is 4.39 Å². The van der Waals surface area contributed by atoms with E-state index in [9.17, 15) is 4.39 Å². The second kappa shape index (κ2) is 6.55. The number of halogens is 2. The van der Waals surface area contributed by atoms with Gasteiger partial charge in [0.1, 0.15) is 5.82 Å². The molecule has 1 atom stereocenters. The molecule has 0 radical (unpaired) electrons. The predicted octanol–water partition coefficient (Wildman–Crippen LogP) is 5.02. The van der Waals surface area contributed by atoms with Gasteiger partial charge >= 0.3 is 0 Å².